The minimum absolute atomic E-state index is 0.112. The summed E-state index contributed by atoms with van der Waals surface area (Å²) in [5.41, 5.74) is 0. The highest BCUT2D eigenvalue weighted by Crippen LogP contribution is 2.30. The summed E-state index contributed by atoms with van der Waals surface area (Å²) in [7, 11) is 0. The van der Waals surface area contributed by atoms with Crippen molar-refractivity contribution in [1.29, 1.82) is 0 Å². The van der Waals surface area contributed by atoms with Crippen LogP contribution < -0.4 is 0 Å². The van der Waals surface area contributed by atoms with E-state index in [0.29, 0.717) is 0 Å². The lowest BCUT2D eigenvalue weighted by Crippen LogP contribution is -2.39. The average molecular weight is 194 g/mol. The van der Waals surface area contributed by atoms with Crippen LogP contribution in [0.5, 0.6) is 0 Å². The van der Waals surface area contributed by atoms with Gasteiger partial charge in [0.05, 0.1) is 12.0 Å². The fourth-order valence-electron chi connectivity index (χ4n) is 1.29. The molecule has 13 heavy (non-hydrogen) atoms. The Morgan fingerprint density at radius 2 is 2.31 bits per heavy atom. The number of alkyl halides is 2. The Morgan fingerprint density at radius 3 is 2.69 bits per heavy atom. The van der Waals surface area contributed by atoms with E-state index in [2.05, 4.69) is 0 Å². The van der Waals surface area contributed by atoms with Gasteiger partial charge >= 0.3 is 5.97 Å². The molecule has 1 fully saturated rings. The van der Waals surface area contributed by atoms with Crippen molar-refractivity contribution < 1.29 is 23.4 Å². The van der Waals surface area contributed by atoms with Gasteiger partial charge in [-0.15, -0.1) is 0 Å². The molecule has 0 amide bonds. The van der Waals surface area contributed by atoms with Gasteiger partial charge in [-0.3, -0.25) is 4.79 Å². The Hall–Kier alpha value is -0.710. The van der Waals surface area contributed by atoms with E-state index in [1.165, 1.54) is 6.92 Å². The number of rotatable bonds is 2. The van der Waals surface area contributed by atoms with Crippen molar-refractivity contribution >= 4 is 5.97 Å². The van der Waals surface area contributed by atoms with Gasteiger partial charge in [-0.1, -0.05) is 0 Å². The number of ether oxygens (including phenoxy) is 1. The summed E-state index contributed by atoms with van der Waals surface area (Å²) < 4.78 is 29.9. The lowest BCUT2D eigenvalue weighted by Gasteiger charge is -2.30. The third-order valence-electron chi connectivity index (χ3n) is 2.25. The summed E-state index contributed by atoms with van der Waals surface area (Å²) in [5.74, 6) is -4.50. The standard InChI is InChI=1S/C8H12F2O3/c1-5(7(11)12)6-2-3-8(9,10)4-13-6/h5-6H,2-4H2,1H3,(H,11,12). The van der Waals surface area contributed by atoms with Gasteiger partial charge in [0.1, 0.15) is 6.61 Å². The van der Waals surface area contributed by atoms with Crippen LogP contribution in [-0.4, -0.2) is 29.7 Å². The molecule has 0 aromatic carbocycles. The topological polar surface area (TPSA) is 46.5 Å². The molecule has 3 nitrogen and oxygen atoms in total. The van der Waals surface area contributed by atoms with Gasteiger partial charge in [0.25, 0.3) is 5.92 Å². The molecule has 2 atom stereocenters. The van der Waals surface area contributed by atoms with Crippen LogP contribution in [0.2, 0.25) is 0 Å². The molecule has 0 aromatic rings. The minimum Gasteiger partial charge on any atom is -0.481 e. The van der Waals surface area contributed by atoms with Crippen LogP contribution in [0.1, 0.15) is 19.8 Å². The first-order chi connectivity index (χ1) is 5.92. The van der Waals surface area contributed by atoms with Gasteiger partial charge < -0.3 is 9.84 Å². The third kappa shape index (κ3) is 2.62. The van der Waals surface area contributed by atoms with Crippen molar-refractivity contribution in [1.82, 2.24) is 0 Å². The summed E-state index contributed by atoms with van der Waals surface area (Å²) in [4.78, 5) is 10.5. The normalized spacial score (nSPS) is 29.6. The van der Waals surface area contributed by atoms with Gasteiger partial charge in [0.2, 0.25) is 0 Å². The van der Waals surface area contributed by atoms with Gasteiger partial charge in [-0.25, -0.2) is 8.78 Å². The van der Waals surface area contributed by atoms with Crippen LogP contribution in [0.15, 0.2) is 0 Å². The van der Waals surface area contributed by atoms with E-state index < -0.39 is 30.5 Å². The van der Waals surface area contributed by atoms with Crippen LogP contribution in [0.25, 0.3) is 0 Å². The molecule has 5 heteroatoms. The van der Waals surface area contributed by atoms with E-state index in [-0.39, 0.29) is 12.8 Å². The fraction of sp³-hybridized carbons (Fsp3) is 0.875. The Bertz CT molecular complexity index is 196. The number of halogens is 2. The second kappa shape index (κ2) is 3.57. The zero-order valence-electron chi connectivity index (χ0n) is 7.30. The highest BCUT2D eigenvalue weighted by atomic mass is 19.3. The SMILES string of the molecule is CC(C(=O)O)C1CCC(F)(F)CO1. The van der Waals surface area contributed by atoms with Crippen molar-refractivity contribution in [3.8, 4) is 0 Å². The summed E-state index contributed by atoms with van der Waals surface area (Å²) in [6.07, 6.45) is -0.743. The lowest BCUT2D eigenvalue weighted by molar-refractivity contribution is -0.170. The second-order valence-electron chi connectivity index (χ2n) is 3.37. The molecule has 0 aliphatic carbocycles. The molecule has 1 aliphatic rings. The molecule has 1 saturated heterocycles. The molecular weight excluding hydrogens is 182 g/mol. The van der Waals surface area contributed by atoms with Gasteiger partial charge in [0, 0.05) is 6.42 Å². The average Bonchev–Trinajstić information content (AvgIpc) is 2.03. The van der Waals surface area contributed by atoms with Crippen LogP contribution >= 0.6 is 0 Å². The van der Waals surface area contributed by atoms with Crippen molar-refractivity contribution in [2.45, 2.75) is 31.8 Å². The summed E-state index contributed by atoms with van der Waals surface area (Å²) in [5, 5.41) is 8.60. The Kier molecular flexibility index (Phi) is 2.85. The van der Waals surface area contributed by atoms with Crippen molar-refractivity contribution in [2.75, 3.05) is 6.61 Å². The van der Waals surface area contributed by atoms with Gasteiger partial charge in [0.15, 0.2) is 0 Å². The zero-order chi connectivity index (χ0) is 10.1. The predicted molar refractivity (Wildman–Crippen MR) is 40.7 cm³/mol. The molecule has 0 aromatic heterocycles. The Morgan fingerprint density at radius 1 is 1.69 bits per heavy atom. The van der Waals surface area contributed by atoms with Crippen LogP contribution in [0.3, 0.4) is 0 Å². The first-order valence-electron chi connectivity index (χ1n) is 4.14. The van der Waals surface area contributed by atoms with Gasteiger partial charge in [-0.2, -0.15) is 0 Å². The molecule has 76 valence electrons. The molecule has 0 radical (unpaired) electrons. The van der Waals surface area contributed by atoms with Crippen molar-refractivity contribution in [3.63, 3.8) is 0 Å². The maximum Gasteiger partial charge on any atom is 0.308 e. The van der Waals surface area contributed by atoms with Crippen LogP contribution in [0, 0.1) is 5.92 Å². The quantitative estimate of drug-likeness (QED) is 0.724. The smallest absolute Gasteiger partial charge is 0.308 e. The maximum atomic E-state index is 12.6. The number of carboxylic acid groups (broad SMARTS) is 1. The van der Waals surface area contributed by atoms with Crippen LogP contribution in [0.4, 0.5) is 8.78 Å². The number of hydrogen-bond donors (Lipinski definition) is 1. The number of carboxylic acids is 1. The molecule has 1 aliphatic heterocycles. The highest BCUT2D eigenvalue weighted by molar-refractivity contribution is 5.70. The second-order valence-corrected chi connectivity index (χ2v) is 3.37. The van der Waals surface area contributed by atoms with Crippen molar-refractivity contribution in [2.24, 2.45) is 5.92 Å². The lowest BCUT2D eigenvalue weighted by atomic mass is 9.96. The summed E-state index contributed by atoms with van der Waals surface area (Å²) in [6, 6.07) is 0. The summed E-state index contributed by atoms with van der Waals surface area (Å²) >= 11 is 0. The highest BCUT2D eigenvalue weighted by Gasteiger charge is 2.39. The number of carbonyl (C=O) groups is 1. The van der Waals surface area contributed by atoms with E-state index in [1.54, 1.807) is 0 Å². The first kappa shape index (κ1) is 10.4. The Labute approximate surface area is 74.7 Å². The number of hydrogen-bond acceptors (Lipinski definition) is 2. The molecule has 2 unspecified atom stereocenters. The number of aliphatic carboxylic acids is 1. The fourth-order valence-corrected chi connectivity index (χ4v) is 1.29. The van der Waals surface area contributed by atoms with E-state index in [9.17, 15) is 13.6 Å². The zero-order valence-corrected chi connectivity index (χ0v) is 7.30. The third-order valence-corrected chi connectivity index (χ3v) is 2.25. The molecule has 1 heterocycles. The first-order valence-corrected chi connectivity index (χ1v) is 4.14. The van der Waals surface area contributed by atoms with E-state index in [4.69, 9.17) is 9.84 Å². The molecule has 0 spiro atoms. The Balaban J connectivity index is 2.45. The van der Waals surface area contributed by atoms with E-state index in [0.717, 1.165) is 0 Å². The van der Waals surface area contributed by atoms with E-state index >= 15 is 0 Å². The largest absolute Gasteiger partial charge is 0.481 e. The van der Waals surface area contributed by atoms with Crippen LogP contribution in [-0.2, 0) is 9.53 Å². The molecular formula is C8H12F2O3. The minimum atomic E-state index is -2.78. The molecule has 1 rings (SSSR count). The summed E-state index contributed by atoms with van der Waals surface area (Å²) in [6.45, 7) is 0.811. The molecule has 0 saturated carbocycles. The maximum absolute atomic E-state index is 12.6. The molecule has 0 bridgehead atoms. The predicted octanol–water partition coefficient (Wildman–Crippen LogP) is 1.52. The van der Waals surface area contributed by atoms with Crippen molar-refractivity contribution in [3.05, 3.63) is 0 Å². The monoisotopic (exact) mass is 194 g/mol. The van der Waals surface area contributed by atoms with E-state index in [1.807, 2.05) is 0 Å². The van der Waals surface area contributed by atoms with Gasteiger partial charge in [-0.05, 0) is 13.3 Å². The molecule has 1 N–H and O–H groups in total.